The highest BCUT2D eigenvalue weighted by molar-refractivity contribution is 7.14. The quantitative estimate of drug-likeness (QED) is 0.422. The molecule has 0 radical (unpaired) electrons. The van der Waals surface area contributed by atoms with Gasteiger partial charge in [0.25, 0.3) is 0 Å². The van der Waals surface area contributed by atoms with Crippen molar-refractivity contribution < 1.29 is 23.5 Å². The van der Waals surface area contributed by atoms with Gasteiger partial charge in [-0.15, -0.1) is 11.3 Å². The lowest BCUT2D eigenvalue weighted by Crippen LogP contribution is -2.22. The molecule has 29 heavy (non-hydrogen) atoms. The zero-order valence-electron chi connectivity index (χ0n) is 15.6. The van der Waals surface area contributed by atoms with Crippen LogP contribution in [-0.4, -0.2) is 30.8 Å². The summed E-state index contributed by atoms with van der Waals surface area (Å²) in [5.41, 5.74) is 0.662. The molecule has 1 aromatic carbocycles. The van der Waals surface area contributed by atoms with Gasteiger partial charge in [0.15, 0.2) is 6.61 Å². The Morgan fingerprint density at radius 2 is 1.90 bits per heavy atom. The van der Waals surface area contributed by atoms with E-state index in [1.54, 1.807) is 30.3 Å². The SMILES string of the molecule is CC(=O)NCCc1ccc(C(=O)COC(=O)c2ccc(-c3ccccc3Cl)o2)s1. The number of benzene rings is 1. The third-order valence-corrected chi connectivity index (χ3v) is 5.48. The maximum absolute atomic E-state index is 12.3. The molecular weight excluding hydrogens is 414 g/mol. The monoisotopic (exact) mass is 431 g/mol. The number of nitrogens with one attached hydrogen (secondary N) is 1. The van der Waals surface area contributed by atoms with E-state index in [4.69, 9.17) is 20.8 Å². The molecule has 150 valence electrons. The number of hydrogen-bond acceptors (Lipinski definition) is 6. The highest BCUT2D eigenvalue weighted by atomic mass is 35.5. The maximum atomic E-state index is 12.3. The molecular formula is C21H18ClNO5S. The van der Waals surface area contributed by atoms with E-state index >= 15 is 0 Å². The summed E-state index contributed by atoms with van der Waals surface area (Å²) in [7, 11) is 0. The fourth-order valence-electron chi connectivity index (χ4n) is 2.55. The number of thiophene rings is 1. The maximum Gasteiger partial charge on any atom is 0.374 e. The predicted octanol–water partition coefficient (Wildman–Crippen LogP) is 4.38. The Labute approximate surface area is 176 Å². The number of furan rings is 1. The van der Waals surface area contributed by atoms with Crippen LogP contribution >= 0.6 is 22.9 Å². The predicted molar refractivity (Wildman–Crippen MR) is 110 cm³/mol. The van der Waals surface area contributed by atoms with Crippen LogP contribution in [0.4, 0.5) is 0 Å². The van der Waals surface area contributed by atoms with Gasteiger partial charge in [0.1, 0.15) is 5.76 Å². The molecule has 1 amide bonds. The fraction of sp³-hybridized carbons (Fsp3) is 0.190. The molecule has 2 aromatic heterocycles. The van der Waals surface area contributed by atoms with Crippen LogP contribution in [0.3, 0.4) is 0 Å². The molecule has 0 aliphatic carbocycles. The van der Waals surface area contributed by atoms with Crippen molar-refractivity contribution in [3.63, 3.8) is 0 Å². The van der Waals surface area contributed by atoms with Crippen molar-refractivity contribution in [3.05, 3.63) is 69.1 Å². The molecule has 3 aromatic rings. The summed E-state index contributed by atoms with van der Waals surface area (Å²) in [6.07, 6.45) is 0.633. The molecule has 2 heterocycles. The minimum absolute atomic E-state index is 0.00473. The Balaban J connectivity index is 1.54. The van der Waals surface area contributed by atoms with Crippen LogP contribution in [0.2, 0.25) is 5.02 Å². The number of halogens is 1. The van der Waals surface area contributed by atoms with Crippen molar-refractivity contribution in [2.24, 2.45) is 0 Å². The minimum atomic E-state index is -0.723. The molecule has 0 aliphatic heterocycles. The van der Waals surface area contributed by atoms with Crippen LogP contribution in [-0.2, 0) is 16.0 Å². The largest absolute Gasteiger partial charge is 0.451 e. The van der Waals surface area contributed by atoms with Crippen molar-refractivity contribution in [2.75, 3.05) is 13.2 Å². The van der Waals surface area contributed by atoms with Gasteiger partial charge in [-0.3, -0.25) is 9.59 Å². The smallest absolute Gasteiger partial charge is 0.374 e. The zero-order valence-corrected chi connectivity index (χ0v) is 17.1. The lowest BCUT2D eigenvalue weighted by atomic mass is 10.2. The highest BCUT2D eigenvalue weighted by Crippen LogP contribution is 2.29. The van der Waals surface area contributed by atoms with E-state index in [1.165, 1.54) is 24.3 Å². The van der Waals surface area contributed by atoms with Gasteiger partial charge in [0, 0.05) is 23.9 Å². The summed E-state index contributed by atoms with van der Waals surface area (Å²) in [5.74, 6) is -0.683. The van der Waals surface area contributed by atoms with Crippen LogP contribution in [0.1, 0.15) is 32.0 Å². The molecule has 3 rings (SSSR count). The Bertz CT molecular complexity index is 1040. The average molecular weight is 432 g/mol. The second-order valence-electron chi connectivity index (χ2n) is 6.14. The highest BCUT2D eigenvalue weighted by Gasteiger charge is 2.18. The van der Waals surface area contributed by atoms with Gasteiger partial charge < -0.3 is 14.5 Å². The number of Topliss-reactive ketones (excluding diaryl/α,β-unsaturated/α-hetero) is 1. The van der Waals surface area contributed by atoms with Crippen molar-refractivity contribution in [2.45, 2.75) is 13.3 Å². The molecule has 1 N–H and O–H groups in total. The van der Waals surface area contributed by atoms with E-state index in [0.717, 1.165) is 4.88 Å². The molecule has 0 aliphatic rings. The number of hydrogen-bond donors (Lipinski definition) is 1. The molecule has 8 heteroatoms. The molecule has 0 saturated carbocycles. The number of amides is 1. The number of ether oxygens (including phenoxy) is 1. The lowest BCUT2D eigenvalue weighted by molar-refractivity contribution is -0.118. The third kappa shape index (κ3) is 5.56. The first-order chi connectivity index (χ1) is 13.9. The molecule has 0 spiro atoms. The van der Waals surface area contributed by atoms with E-state index in [9.17, 15) is 14.4 Å². The van der Waals surface area contributed by atoms with Crippen LogP contribution in [0.15, 0.2) is 52.9 Å². The number of rotatable bonds is 8. The molecule has 6 nitrogen and oxygen atoms in total. The van der Waals surface area contributed by atoms with Crippen LogP contribution < -0.4 is 5.32 Å². The van der Waals surface area contributed by atoms with Gasteiger partial charge in [-0.05, 0) is 42.8 Å². The summed E-state index contributed by atoms with van der Waals surface area (Å²) in [5, 5.41) is 3.21. The number of ketones is 1. The Morgan fingerprint density at radius 3 is 2.66 bits per heavy atom. The van der Waals surface area contributed by atoms with Crippen LogP contribution in [0, 0.1) is 0 Å². The fourth-order valence-corrected chi connectivity index (χ4v) is 3.71. The molecule has 0 saturated heterocycles. The summed E-state index contributed by atoms with van der Waals surface area (Å²) < 4.78 is 10.6. The molecule has 0 bridgehead atoms. The Morgan fingerprint density at radius 1 is 1.10 bits per heavy atom. The summed E-state index contributed by atoms with van der Waals surface area (Å²) in [6, 6.07) is 13.7. The second kappa shape index (κ2) is 9.54. The molecule has 0 atom stereocenters. The van der Waals surface area contributed by atoms with Gasteiger partial charge in [0.2, 0.25) is 17.5 Å². The van der Waals surface area contributed by atoms with Crippen molar-refractivity contribution >= 4 is 40.6 Å². The topological polar surface area (TPSA) is 85.6 Å². The first-order valence-corrected chi connectivity index (χ1v) is 10.0. The van der Waals surface area contributed by atoms with E-state index in [0.29, 0.717) is 34.2 Å². The van der Waals surface area contributed by atoms with Gasteiger partial charge in [-0.25, -0.2) is 4.79 Å². The standard InChI is InChI=1S/C21H18ClNO5S/c1-13(24)23-11-10-14-6-9-20(29-14)17(25)12-27-21(26)19-8-7-18(28-19)15-4-2-3-5-16(15)22/h2-9H,10-12H2,1H3,(H,23,24). The average Bonchev–Trinajstić information content (AvgIpc) is 3.36. The summed E-state index contributed by atoms with van der Waals surface area (Å²) >= 11 is 7.44. The summed E-state index contributed by atoms with van der Waals surface area (Å²) in [6.45, 7) is 1.57. The van der Waals surface area contributed by atoms with Crippen molar-refractivity contribution in [1.29, 1.82) is 0 Å². The van der Waals surface area contributed by atoms with Gasteiger partial charge >= 0.3 is 5.97 Å². The van der Waals surface area contributed by atoms with Crippen molar-refractivity contribution in [3.8, 4) is 11.3 Å². The summed E-state index contributed by atoms with van der Waals surface area (Å²) in [4.78, 5) is 36.8. The number of carbonyl (C=O) groups excluding carboxylic acids is 3. The van der Waals surface area contributed by atoms with Crippen LogP contribution in [0.25, 0.3) is 11.3 Å². The third-order valence-electron chi connectivity index (χ3n) is 3.96. The van der Waals surface area contributed by atoms with Gasteiger partial charge in [-0.1, -0.05) is 23.7 Å². The number of esters is 1. The van der Waals surface area contributed by atoms with E-state index < -0.39 is 5.97 Å². The first-order valence-electron chi connectivity index (χ1n) is 8.82. The molecule has 0 unspecified atom stereocenters. The lowest BCUT2D eigenvalue weighted by Gasteiger charge is -2.02. The van der Waals surface area contributed by atoms with E-state index in [1.807, 2.05) is 12.1 Å². The van der Waals surface area contributed by atoms with Gasteiger partial charge in [-0.2, -0.15) is 0 Å². The van der Waals surface area contributed by atoms with E-state index in [2.05, 4.69) is 5.32 Å². The van der Waals surface area contributed by atoms with Crippen molar-refractivity contribution in [1.82, 2.24) is 5.32 Å². The molecule has 0 fully saturated rings. The van der Waals surface area contributed by atoms with E-state index in [-0.39, 0.29) is 24.1 Å². The minimum Gasteiger partial charge on any atom is -0.451 e. The number of carbonyl (C=O) groups is 3. The first kappa shape index (κ1) is 20.8. The Kier molecular flexibility index (Phi) is 6.85. The van der Waals surface area contributed by atoms with Gasteiger partial charge in [0.05, 0.1) is 9.90 Å². The Hall–Kier alpha value is -2.90. The normalized spacial score (nSPS) is 10.6. The zero-order chi connectivity index (χ0) is 20.8. The van der Waals surface area contributed by atoms with Crippen LogP contribution in [0.5, 0.6) is 0 Å². The second-order valence-corrected chi connectivity index (χ2v) is 7.72.